The summed E-state index contributed by atoms with van der Waals surface area (Å²) >= 11 is 0. The van der Waals surface area contributed by atoms with Crippen LogP contribution in [0, 0.1) is 0 Å². The van der Waals surface area contributed by atoms with Gasteiger partial charge in [0.25, 0.3) is 0 Å². The number of hydrogen-bond donors (Lipinski definition) is 0. The van der Waals surface area contributed by atoms with Gasteiger partial charge in [0.2, 0.25) is 0 Å². The molecule has 0 aliphatic rings. The molecule has 0 amide bonds. The van der Waals surface area contributed by atoms with E-state index in [0.29, 0.717) is 7.92 Å². The zero-order valence-electron chi connectivity index (χ0n) is 23.9. The lowest BCUT2D eigenvalue weighted by Crippen LogP contribution is -2.74. The summed E-state index contributed by atoms with van der Waals surface area (Å²) < 4.78 is 0. The van der Waals surface area contributed by atoms with Crippen molar-refractivity contribution >= 4 is 35.9 Å². The molecule has 0 bridgehead atoms. The normalized spacial score (nSPS) is 11.2. The molecule has 4 rings (SSSR count). The summed E-state index contributed by atoms with van der Waals surface area (Å²) in [5.41, 5.74) is 5.36. The van der Waals surface area contributed by atoms with E-state index in [9.17, 15) is 0 Å². The average Bonchev–Trinajstić information content (AvgIpc) is 3.00. The van der Waals surface area contributed by atoms with Crippen molar-refractivity contribution in [1.29, 1.82) is 0 Å². The van der Waals surface area contributed by atoms with Gasteiger partial charge in [0, 0.05) is 0 Å². The van der Waals surface area contributed by atoms with Crippen LogP contribution in [-0.4, -0.2) is 24.6 Å². The summed E-state index contributed by atoms with van der Waals surface area (Å²) in [6, 6.07) is 43.5. The first-order valence-corrected chi connectivity index (χ1v) is 16.8. The molecule has 0 fully saturated rings. The predicted octanol–water partition coefficient (Wildman–Crippen LogP) is 7.93. The molecule has 200 valence electrons. The van der Waals surface area contributed by atoms with Crippen LogP contribution in [0.3, 0.4) is 0 Å². The Morgan fingerprint density at radius 2 is 0.632 bits per heavy atom. The van der Waals surface area contributed by atoms with Crippen LogP contribution in [-0.2, 0) is 0 Å². The number of unbranched alkanes of at least 4 members (excludes halogenated alkanes) is 3. The maximum atomic E-state index is 2.31. The molecule has 0 saturated heterocycles. The third-order valence-electron chi connectivity index (χ3n) is 7.68. The summed E-state index contributed by atoms with van der Waals surface area (Å²) in [5.74, 6) is 0. The first-order valence-electron chi connectivity index (χ1n) is 14.9. The van der Waals surface area contributed by atoms with Crippen molar-refractivity contribution in [2.24, 2.45) is 0 Å². The molecule has 0 saturated carbocycles. The van der Waals surface area contributed by atoms with Crippen molar-refractivity contribution in [1.82, 2.24) is 0 Å². The average molecular weight is 522 g/mol. The van der Waals surface area contributed by atoms with Gasteiger partial charge in [-0.05, 0) is 37.7 Å². The largest absolute Gasteiger partial charge is 0.195 e. The van der Waals surface area contributed by atoms with Crippen molar-refractivity contribution in [3.8, 4) is 0 Å². The molecule has 0 heterocycles. The Labute approximate surface area is 234 Å². The van der Waals surface area contributed by atoms with Crippen LogP contribution in [0.25, 0.3) is 0 Å². The summed E-state index contributed by atoms with van der Waals surface area (Å²) in [5, 5.41) is 0. The van der Waals surface area contributed by atoms with Gasteiger partial charge < -0.3 is 0 Å². The molecule has 0 unspecified atom stereocenters. The third-order valence-corrected chi connectivity index (χ3v) is 10.5. The Balaban J connectivity index is 0.000000263. The fourth-order valence-corrected chi connectivity index (χ4v) is 8.56. The van der Waals surface area contributed by atoms with Gasteiger partial charge in [-0.15, -0.1) is 7.92 Å². The molecule has 2 heteroatoms. The maximum Gasteiger partial charge on any atom is 0.108 e. The molecule has 0 aliphatic heterocycles. The lowest BCUT2D eigenvalue weighted by Gasteiger charge is -2.44. The Morgan fingerprint density at radius 3 is 0.842 bits per heavy atom. The monoisotopic (exact) mass is 521 g/mol. The minimum Gasteiger partial charge on any atom is -0.195 e. The fraction of sp³-hybridized carbons (Fsp3) is 0.333. The number of rotatable bonds is 13. The second-order valence-electron chi connectivity index (χ2n) is 10.4. The highest BCUT2D eigenvalue weighted by Crippen LogP contribution is 2.38. The third kappa shape index (κ3) is 8.18. The van der Waals surface area contributed by atoms with E-state index in [1.807, 2.05) is 0 Å². The summed E-state index contributed by atoms with van der Waals surface area (Å²) in [6.07, 6.45) is 12.0. The van der Waals surface area contributed by atoms with Crippen LogP contribution in [0.1, 0.15) is 59.3 Å². The van der Waals surface area contributed by atoms with Gasteiger partial charge in [-0.25, -0.2) is 0 Å². The Kier molecular flexibility index (Phi) is 13.4. The van der Waals surface area contributed by atoms with Gasteiger partial charge in [-0.2, -0.15) is 21.9 Å². The molecule has 0 aromatic heterocycles. The van der Waals surface area contributed by atoms with E-state index >= 15 is 0 Å². The molecule has 0 aliphatic carbocycles. The summed E-state index contributed by atoms with van der Waals surface area (Å²) in [4.78, 5) is 0. The van der Waals surface area contributed by atoms with E-state index < -0.39 is 6.15 Å². The van der Waals surface area contributed by atoms with Crippen molar-refractivity contribution in [2.75, 3.05) is 18.5 Å². The van der Waals surface area contributed by atoms with Crippen molar-refractivity contribution in [3.05, 3.63) is 121 Å². The second kappa shape index (κ2) is 17.1. The van der Waals surface area contributed by atoms with Gasteiger partial charge in [-0.1, -0.05) is 161 Å². The minimum absolute atomic E-state index is 0.422. The molecule has 0 nitrogen and oxygen atoms in total. The van der Waals surface area contributed by atoms with Gasteiger partial charge >= 0.3 is 0 Å². The fourth-order valence-electron chi connectivity index (χ4n) is 5.60. The first kappa shape index (κ1) is 29.9. The van der Waals surface area contributed by atoms with E-state index in [2.05, 4.69) is 142 Å². The Bertz CT molecular complexity index is 931. The SMILES string of the molecule is CCCCP(CCCC)CCCC.c1ccc([B-](c2ccccc2)(c2ccccc2)c2ccccc2)cc1. The molecule has 0 radical (unpaired) electrons. The zero-order valence-corrected chi connectivity index (χ0v) is 24.8. The van der Waals surface area contributed by atoms with E-state index in [-0.39, 0.29) is 0 Å². The lowest BCUT2D eigenvalue weighted by atomic mass is 9.13. The van der Waals surface area contributed by atoms with Gasteiger partial charge in [0.1, 0.15) is 6.15 Å². The van der Waals surface area contributed by atoms with Crippen LogP contribution in [0.15, 0.2) is 121 Å². The maximum absolute atomic E-state index is 2.31. The Morgan fingerprint density at radius 1 is 0.395 bits per heavy atom. The molecule has 0 N–H and O–H groups in total. The number of benzene rings is 4. The highest BCUT2D eigenvalue weighted by Gasteiger charge is 2.31. The van der Waals surface area contributed by atoms with Gasteiger partial charge in [-0.3, -0.25) is 0 Å². The second-order valence-corrected chi connectivity index (χ2v) is 13.1. The van der Waals surface area contributed by atoms with Gasteiger partial charge in [0.15, 0.2) is 0 Å². The molecular weight excluding hydrogens is 474 g/mol. The van der Waals surface area contributed by atoms with E-state index in [1.165, 1.54) is 60.4 Å². The van der Waals surface area contributed by atoms with Crippen molar-refractivity contribution in [2.45, 2.75) is 59.3 Å². The lowest BCUT2D eigenvalue weighted by molar-refractivity contribution is 0.847. The number of hydrogen-bond acceptors (Lipinski definition) is 0. The van der Waals surface area contributed by atoms with Crippen LogP contribution in [0.4, 0.5) is 0 Å². The van der Waals surface area contributed by atoms with Gasteiger partial charge in [0.05, 0.1) is 0 Å². The Hall–Kier alpha value is -2.63. The zero-order chi connectivity index (χ0) is 26.9. The highest BCUT2D eigenvalue weighted by molar-refractivity contribution is 7.57. The molecule has 4 aromatic rings. The van der Waals surface area contributed by atoms with E-state index in [4.69, 9.17) is 0 Å². The molecule has 38 heavy (non-hydrogen) atoms. The molecule has 4 aromatic carbocycles. The van der Waals surface area contributed by atoms with Crippen LogP contribution < -0.4 is 21.9 Å². The first-order chi connectivity index (χ1) is 18.8. The van der Waals surface area contributed by atoms with Crippen molar-refractivity contribution < 1.29 is 0 Å². The summed E-state index contributed by atoms with van der Waals surface area (Å²) in [6.45, 7) is 6.94. The quantitative estimate of drug-likeness (QED) is 0.124. The van der Waals surface area contributed by atoms with E-state index in [1.54, 1.807) is 18.5 Å². The predicted molar refractivity (Wildman–Crippen MR) is 176 cm³/mol. The van der Waals surface area contributed by atoms with Crippen LogP contribution >= 0.6 is 7.92 Å². The molecule has 0 spiro atoms. The highest BCUT2D eigenvalue weighted by atomic mass is 31.1. The van der Waals surface area contributed by atoms with Crippen LogP contribution in [0.2, 0.25) is 0 Å². The topological polar surface area (TPSA) is 0 Å². The summed E-state index contributed by atoms with van der Waals surface area (Å²) in [7, 11) is 0.422. The minimum atomic E-state index is -1.22. The standard InChI is InChI=1S/C24H20B.C12H27P/c1-5-13-21(14-6-1)25(22-15-7-2-8-16-22,23-17-9-3-10-18-23)24-19-11-4-12-20-24;1-4-7-10-13(11-8-5-2)12-9-6-3/h1-20H;4-12H2,1-3H3/q-1;. The smallest absolute Gasteiger partial charge is 0.108 e. The van der Waals surface area contributed by atoms with Crippen molar-refractivity contribution in [3.63, 3.8) is 0 Å². The van der Waals surface area contributed by atoms with E-state index in [0.717, 1.165) is 0 Å². The van der Waals surface area contributed by atoms with Crippen LogP contribution in [0.5, 0.6) is 0 Å². The molecular formula is C36H47BP-. The molecule has 0 atom stereocenters.